The Hall–Kier alpha value is -2.17. The minimum Gasteiger partial charge on any atom is -0.497 e. The Labute approximate surface area is 165 Å². The molecule has 0 aromatic heterocycles. The van der Waals surface area contributed by atoms with E-state index < -0.39 is 28.1 Å². The van der Waals surface area contributed by atoms with Crippen LogP contribution in [0.3, 0.4) is 0 Å². The van der Waals surface area contributed by atoms with Crippen molar-refractivity contribution in [2.24, 2.45) is 0 Å². The molecule has 2 N–H and O–H groups in total. The molecule has 1 heterocycles. The molecule has 0 unspecified atom stereocenters. The van der Waals surface area contributed by atoms with Crippen molar-refractivity contribution in [3.63, 3.8) is 0 Å². The molecule has 2 amide bonds. The number of carbonyl (C=O) groups is 2. The number of hydrogen-bond acceptors (Lipinski definition) is 6. The van der Waals surface area contributed by atoms with Gasteiger partial charge in [0.05, 0.1) is 25.2 Å². The number of rotatable bonds is 8. The summed E-state index contributed by atoms with van der Waals surface area (Å²) in [6, 6.07) is 6.05. The van der Waals surface area contributed by atoms with Gasteiger partial charge >= 0.3 is 11.8 Å². The lowest BCUT2D eigenvalue weighted by Gasteiger charge is -2.34. The highest BCUT2D eigenvalue weighted by atomic mass is 32.2. The molecule has 2 rings (SSSR count). The zero-order valence-corrected chi connectivity index (χ0v) is 17.0. The predicted octanol–water partition coefficient (Wildman–Crippen LogP) is 0.465. The lowest BCUT2D eigenvalue weighted by molar-refractivity contribution is -0.140. The van der Waals surface area contributed by atoms with Crippen LogP contribution in [0.25, 0.3) is 0 Å². The maximum Gasteiger partial charge on any atom is 0.309 e. The van der Waals surface area contributed by atoms with Crippen LogP contribution in [0.1, 0.15) is 26.2 Å². The Morgan fingerprint density at radius 3 is 2.54 bits per heavy atom. The normalized spacial score (nSPS) is 17.7. The molecule has 0 aliphatic carbocycles. The van der Waals surface area contributed by atoms with Gasteiger partial charge in [-0.1, -0.05) is 13.3 Å². The fraction of sp³-hybridized carbons (Fsp3) is 0.556. The van der Waals surface area contributed by atoms with Crippen LogP contribution in [0.4, 0.5) is 0 Å². The summed E-state index contributed by atoms with van der Waals surface area (Å²) in [7, 11) is -2.32. The van der Waals surface area contributed by atoms with Crippen LogP contribution in [-0.4, -0.2) is 64.1 Å². The van der Waals surface area contributed by atoms with Gasteiger partial charge in [0, 0.05) is 13.1 Å². The van der Waals surface area contributed by atoms with Crippen LogP contribution < -0.4 is 15.4 Å². The summed E-state index contributed by atoms with van der Waals surface area (Å²) in [5, 5.41) is 4.96. The van der Waals surface area contributed by atoms with E-state index >= 15 is 0 Å². The van der Waals surface area contributed by atoms with E-state index in [4.69, 9.17) is 9.47 Å². The highest BCUT2D eigenvalue weighted by molar-refractivity contribution is 7.89. The number of benzene rings is 1. The first-order valence-electron chi connectivity index (χ1n) is 9.23. The Kier molecular flexibility index (Phi) is 8.21. The van der Waals surface area contributed by atoms with Crippen LogP contribution in [0, 0.1) is 0 Å². The fourth-order valence-electron chi connectivity index (χ4n) is 2.70. The van der Waals surface area contributed by atoms with E-state index in [9.17, 15) is 18.0 Å². The molecule has 9 nitrogen and oxygen atoms in total. The van der Waals surface area contributed by atoms with E-state index in [2.05, 4.69) is 10.6 Å². The molecule has 1 aromatic carbocycles. The van der Waals surface area contributed by atoms with E-state index in [0.29, 0.717) is 25.3 Å². The highest BCUT2D eigenvalue weighted by Gasteiger charge is 2.34. The number of methoxy groups -OCH3 is 1. The van der Waals surface area contributed by atoms with Gasteiger partial charge in [0.25, 0.3) is 0 Å². The van der Waals surface area contributed by atoms with Crippen LogP contribution in [-0.2, 0) is 24.3 Å². The maximum absolute atomic E-state index is 13.0. The molecule has 0 spiro atoms. The average Bonchev–Trinajstić information content (AvgIpc) is 2.72. The summed E-state index contributed by atoms with van der Waals surface area (Å²) >= 11 is 0. The number of sulfonamides is 1. The summed E-state index contributed by atoms with van der Waals surface area (Å²) in [5.41, 5.74) is 0. The Morgan fingerprint density at radius 2 is 1.89 bits per heavy atom. The third-order valence-electron chi connectivity index (χ3n) is 4.28. The monoisotopic (exact) mass is 413 g/mol. The lowest BCUT2D eigenvalue weighted by atomic mass is 10.3. The summed E-state index contributed by atoms with van der Waals surface area (Å²) in [4.78, 5) is 23.8. The van der Waals surface area contributed by atoms with Gasteiger partial charge in [-0.3, -0.25) is 9.59 Å². The van der Waals surface area contributed by atoms with Crippen molar-refractivity contribution in [3.05, 3.63) is 24.3 Å². The molecular formula is C18H27N3O6S. The molecule has 0 radical (unpaired) electrons. The van der Waals surface area contributed by atoms with E-state index in [0.717, 1.165) is 12.8 Å². The van der Waals surface area contributed by atoms with E-state index in [1.165, 1.54) is 23.5 Å². The van der Waals surface area contributed by atoms with Crippen molar-refractivity contribution in [1.82, 2.24) is 14.9 Å². The topological polar surface area (TPSA) is 114 Å². The van der Waals surface area contributed by atoms with Crippen LogP contribution in [0.2, 0.25) is 0 Å². The smallest absolute Gasteiger partial charge is 0.309 e. The summed E-state index contributed by atoms with van der Waals surface area (Å²) < 4.78 is 37.7. The van der Waals surface area contributed by atoms with Crippen molar-refractivity contribution < 1.29 is 27.5 Å². The predicted molar refractivity (Wildman–Crippen MR) is 102 cm³/mol. The zero-order chi connectivity index (χ0) is 20.6. The molecule has 1 saturated heterocycles. The van der Waals surface area contributed by atoms with Crippen molar-refractivity contribution >= 4 is 21.8 Å². The fourth-order valence-corrected chi connectivity index (χ4v) is 4.27. The van der Waals surface area contributed by atoms with Crippen LogP contribution in [0.15, 0.2) is 29.2 Å². The maximum atomic E-state index is 13.0. The van der Waals surface area contributed by atoms with Gasteiger partial charge in [-0.15, -0.1) is 0 Å². The summed E-state index contributed by atoms with van der Waals surface area (Å²) in [6.07, 6.45) is 1.33. The number of carbonyl (C=O) groups excluding carboxylic acids is 2. The molecule has 156 valence electrons. The lowest BCUT2D eigenvalue weighted by Crippen LogP contribution is -2.53. The standard InChI is InChI=1S/C18H27N3O6S/c1-3-4-10-19-17(22)18(23)20-13-16-21(11-5-12-27-16)28(24,25)15-8-6-14(26-2)7-9-15/h6-9,16H,3-5,10-13H2,1-2H3,(H,19,22)(H,20,23)/t16-/m0/s1. The summed E-state index contributed by atoms with van der Waals surface area (Å²) in [5.74, 6) is -1.01. The minimum absolute atomic E-state index is 0.104. The van der Waals surface area contributed by atoms with Crippen molar-refractivity contribution in [2.75, 3.05) is 33.4 Å². The molecule has 1 fully saturated rings. The number of ether oxygens (including phenoxy) is 2. The SMILES string of the molecule is CCCCNC(=O)C(=O)NC[C@@H]1OCCCN1S(=O)(=O)c1ccc(OC)cc1. The molecular weight excluding hydrogens is 386 g/mol. The molecule has 1 aliphatic rings. The third-order valence-corrected chi connectivity index (χ3v) is 6.18. The molecule has 28 heavy (non-hydrogen) atoms. The van der Waals surface area contributed by atoms with Gasteiger partial charge < -0.3 is 20.1 Å². The average molecular weight is 413 g/mol. The molecule has 0 bridgehead atoms. The van der Waals surface area contributed by atoms with E-state index in [-0.39, 0.29) is 18.0 Å². The van der Waals surface area contributed by atoms with Crippen LogP contribution >= 0.6 is 0 Å². The van der Waals surface area contributed by atoms with Gasteiger partial charge in [0.1, 0.15) is 12.0 Å². The van der Waals surface area contributed by atoms with Gasteiger partial charge in [-0.05, 0) is 37.1 Å². The molecule has 10 heteroatoms. The van der Waals surface area contributed by atoms with E-state index in [1.54, 1.807) is 12.1 Å². The number of amides is 2. The molecule has 1 aromatic rings. The highest BCUT2D eigenvalue weighted by Crippen LogP contribution is 2.23. The number of nitrogens with one attached hydrogen (secondary N) is 2. The van der Waals surface area contributed by atoms with Crippen LogP contribution in [0.5, 0.6) is 5.75 Å². The first kappa shape index (κ1) is 22.1. The Morgan fingerprint density at radius 1 is 1.21 bits per heavy atom. The largest absolute Gasteiger partial charge is 0.497 e. The Bertz CT molecular complexity index is 766. The van der Waals surface area contributed by atoms with Gasteiger partial charge in [0.15, 0.2) is 0 Å². The molecule has 1 aliphatic heterocycles. The van der Waals surface area contributed by atoms with Crippen molar-refractivity contribution in [2.45, 2.75) is 37.3 Å². The quantitative estimate of drug-likeness (QED) is 0.473. The number of unbranched alkanes of at least 4 members (excludes halogenated alkanes) is 1. The van der Waals surface area contributed by atoms with Crippen molar-refractivity contribution in [1.29, 1.82) is 0 Å². The molecule has 1 atom stereocenters. The minimum atomic E-state index is -3.82. The zero-order valence-electron chi connectivity index (χ0n) is 16.1. The van der Waals surface area contributed by atoms with Gasteiger partial charge in [0.2, 0.25) is 10.0 Å². The first-order valence-corrected chi connectivity index (χ1v) is 10.7. The second kappa shape index (κ2) is 10.4. The second-order valence-corrected chi connectivity index (χ2v) is 8.18. The molecule has 0 saturated carbocycles. The third kappa shape index (κ3) is 5.66. The summed E-state index contributed by atoms with van der Waals surface area (Å²) in [6.45, 7) is 2.91. The van der Waals surface area contributed by atoms with Gasteiger partial charge in [-0.2, -0.15) is 4.31 Å². The van der Waals surface area contributed by atoms with Crippen molar-refractivity contribution in [3.8, 4) is 5.75 Å². The van der Waals surface area contributed by atoms with Gasteiger partial charge in [-0.25, -0.2) is 8.42 Å². The first-order chi connectivity index (χ1) is 13.4. The number of hydrogen-bond donors (Lipinski definition) is 2. The number of nitrogens with zero attached hydrogens (tertiary/aromatic N) is 1. The Balaban J connectivity index is 2.02. The van der Waals surface area contributed by atoms with E-state index in [1.807, 2.05) is 6.92 Å². The second-order valence-electron chi connectivity index (χ2n) is 6.29.